The lowest BCUT2D eigenvalue weighted by Crippen LogP contribution is -2.42. The largest absolute Gasteiger partial charge is 0.314 e. The Balaban J connectivity index is 1.65. The highest BCUT2D eigenvalue weighted by Crippen LogP contribution is 2.26. The lowest BCUT2D eigenvalue weighted by atomic mass is 9.86. The number of hydrogen-bond acceptors (Lipinski definition) is 2. The molecular weight excluding hydrogens is 316 g/mol. The Labute approximate surface area is 160 Å². The van der Waals surface area contributed by atoms with Gasteiger partial charge in [-0.25, -0.2) is 0 Å². The molecule has 0 spiro atoms. The predicted molar refractivity (Wildman–Crippen MR) is 114 cm³/mol. The number of nitrogens with zero attached hydrogens (tertiary/aromatic N) is 1. The molecule has 142 valence electrons. The van der Waals surface area contributed by atoms with E-state index in [4.69, 9.17) is 0 Å². The first-order valence-electron chi connectivity index (χ1n) is 9.98. The van der Waals surface area contributed by atoms with Gasteiger partial charge in [-0.15, -0.1) is 0 Å². The van der Waals surface area contributed by atoms with Gasteiger partial charge >= 0.3 is 0 Å². The zero-order chi connectivity index (χ0) is 18.8. The summed E-state index contributed by atoms with van der Waals surface area (Å²) in [5.74, 6) is 0. The van der Waals surface area contributed by atoms with Crippen molar-refractivity contribution in [1.29, 1.82) is 0 Å². The van der Waals surface area contributed by atoms with Crippen LogP contribution in [0, 0.1) is 5.41 Å². The molecule has 2 rings (SSSR count). The fraction of sp³-hybridized carbons (Fsp3) is 0.500. The van der Waals surface area contributed by atoms with E-state index < -0.39 is 0 Å². The highest BCUT2D eigenvalue weighted by molar-refractivity contribution is 5.28. The standard InChI is InChI=1S/C24H36N2/c1-5-11-22(24(2,3)4)14-9-10-17-25-23-15-18-26(19-16-23)20-21-12-7-6-8-13-21/h5-9,11-14,23,25H,1,10,15-20H2,2-4H3/b14-9-,22-11+. The third-order valence-corrected chi connectivity index (χ3v) is 5.04. The molecule has 1 N–H and O–H groups in total. The van der Waals surface area contributed by atoms with Crippen LogP contribution >= 0.6 is 0 Å². The van der Waals surface area contributed by atoms with Gasteiger partial charge in [0.1, 0.15) is 0 Å². The number of rotatable bonds is 8. The van der Waals surface area contributed by atoms with Crippen molar-refractivity contribution in [2.24, 2.45) is 5.41 Å². The molecule has 0 aliphatic carbocycles. The van der Waals surface area contributed by atoms with Gasteiger partial charge in [-0.3, -0.25) is 4.90 Å². The fourth-order valence-electron chi connectivity index (χ4n) is 3.40. The third kappa shape index (κ3) is 7.31. The Hall–Kier alpha value is -1.64. The minimum absolute atomic E-state index is 0.170. The molecule has 1 heterocycles. The minimum Gasteiger partial charge on any atom is -0.314 e. The number of allylic oxidation sites excluding steroid dienone is 4. The van der Waals surface area contributed by atoms with Crippen LogP contribution in [0.15, 0.2) is 66.8 Å². The lowest BCUT2D eigenvalue weighted by molar-refractivity contribution is 0.191. The Bertz CT molecular complexity index is 584. The van der Waals surface area contributed by atoms with Gasteiger partial charge in [0.2, 0.25) is 0 Å². The molecule has 0 saturated carbocycles. The number of nitrogens with one attached hydrogen (secondary N) is 1. The van der Waals surface area contributed by atoms with Gasteiger partial charge < -0.3 is 5.32 Å². The zero-order valence-electron chi connectivity index (χ0n) is 16.9. The van der Waals surface area contributed by atoms with Gasteiger partial charge in [0.05, 0.1) is 0 Å². The molecule has 1 aliphatic heterocycles. The molecule has 1 aromatic carbocycles. The smallest absolute Gasteiger partial charge is 0.0233 e. The van der Waals surface area contributed by atoms with Crippen LogP contribution in [-0.4, -0.2) is 30.6 Å². The Morgan fingerprint density at radius 3 is 2.50 bits per heavy atom. The maximum atomic E-state index is 3.83. The molecule has 1 aliphatic rings. The molecule has 0 aromatic heterocycles. The topological polar surface area (TPSA) is 15.3 Å². The molecule has 1 fully saturated rings. The van der Waals surface area contributed by atoms with E-state index in [1.54, 1.807) is 0 Å². The van der Waals surface area contributed by atoms with Crippen LogP contribution < -0.4 is 5.32 Å². The van der Waals surface area contributed by atoms with E-state index in [1.807, 2.05) is 6.08 Å². The van der Waals surface area contributed by atoms with Crippen molar-refractivity contribution in [3.8, 4) is 0 Å². The lowest BCUT2D eigenvalue weighted by Gasteiger charge is -2.32. The molecule has 0 atom stereocenters. The quantitative estimate of drug-likeness (QED) is 0.501. The molecule has 2 heteroatoms. The van der Waals surface area contributed by atoms with Crippen molar-refractivity contribution in [3.63, 3.8) is 0 Å². The number of hydrogen-bond donors (Lipinski definition) is 1. The molecule has 2 nitrogen and oxygen atoms in total. The number of piperidine rings is 1. The first kappa shape index (κ1) is 20.7. The highest BCUT2D eigenvalue weighted by Gasteiger charge is 2.18. The molecular formula is C24H36N2. The van der Waals surface area contributed by atoms with Crippen molar-refractivity contribution < 1.29 is 0 Å². The van der Waals surface area contributed by atoms with E-state index in [-0.39, 0.29) is 5.41 Å². The Kier molecular flexibility index (Phi) is 8.34. The summed E-state index contributed by atoms with van der Waals surface area (Å²) in [5.41, 5.74) is 2.93. The average molecular weight is 353 g/mol. The molecule has 1 saturated heterocycles. The zero-order valence-corrected chi connectivity index (χ0v) is 16.9. The molecule has 0 radical (unpaired) electrons. The van der Waals surface area contributed by atoms with E-state index in [0.717, 1.165) is 19.5 Å². The van der Waals surface area contributed by atoms with E-state index in [2.05, 4.69) is 86.1 Å². The van der Waals surface area contributed by atoms with E-state index >= 15 is 0 Å². The normalized spacial score (nSPS) is 17.7. The summed E-state index contributed by atoms with van der Waals surface area (Å²) >= 11 is 0. The van der Waals surface area contributed by atoms with Crippen molar-refractivity contribution in [2.45, 2.75) is 52.6 Å². The maximum Gasteiger partial charge on any atom is 0.0233 e. The monoisotopic (exact) mass is 352 g/mol. The molecule has 0 bridgehead atoms. The molecule has 1 aromatic rings. The second-order valence-corrected chi connectivity index (χ2v) is 8.29. The number of benzene rings is 1. The van der Waals surface area contributed by atoms with Gasteiger partial charge in [0, 0.05) is 12.6 Å². The van der Waals surface area contributed by atoms with Gasteiger partial charge in [-0.05, 0) is 55.4 Å². The minimum atomic E-state index is 0.170. The van der Waals surface area contributed by atoms with Crippen molar-refractivity contribution in [1.82, 2.24) is 10.2 Å². The summed E-state index contributed by atoms with van der Waals surface area (Å²) in [4.78, 5) is 2.57. The van der Waals surface area contributed by atoms with Crippen molar-refractivity contribution in [3.05, 3.63) is 72.4 Å². The predicted octanol–water partition coefficient (Wildman–Crippen LogP) is 5.35. The van der Waals surface area contributed by atoms with E-state index in [0.29, 0.717) is 6.04 Å². The van der Waals surface area contributed by atoms with Crippen LogP contribution in [0.4, 0.5) is 0 Å². The van der Waals surface area contributed by atoms with Crippen LogP contribution in [0.2, 0.25) is 0 Å². The highest BCUT2D eigenvalue weighted by atomic mass is 15.1. The van der Waals surface area contributed by atoms with Crippen LogP contribution in [0.3, 0.4) is 0 Å². The third-order valence-electron chi connectivity index (χ3n) is 5.04. The van der Waals surface area contributed by atoms with Gasteiger partial charge in [-0.2, -0.15) is 0 Å². The summed E-state index contributed by atoms with van der Waals surface area (Å²) < 4.78 is 0. The van der Waals surface area contributed by atoms with Crippen LogP contribution in [0.25, 0.3) is 0 Å². The Morgan fingerprint density at radius 2 is 1.88 bits per heavy atom. The Morgan fingerprint density at radius 1 is 1.19 bits per heavy atom. The summed E-state index contributed by atoms with van der Waals surface area (Å²) in [6.45, 7) is 15.1. The maximum absolute atomic E-state index is 3.83. The molecule has 26 heavy (non-hydrogen) atoms. The number of likely N-dealkylation sites (tertiary alicyclic amines) is 1. The van der Waals surface area contributed by atoms with E-state index in [1.165, 1.54) is 37.1 Å². The summed E-state index contributed by atoms with van der Waals surface area (Å²) in [6, 6.07) is 11.5. The van der Waals surface area contributed by atoms with E-state index in [9.17, 15) is 0 Å². The summed E-state index contributed by atoms with van der Waals surface area (Å²) in [6.07, 6.45) is 12.1. The van der Waals surface area contributed by atoms with Crippen molar-refractivity contribution >= 4 is 0 Å². The van der Waals surface area contributed by atoms with Crippen molar-refractivity contribution in [2.75, 3.05) is 19.6 Å². The SMILES string of the molecule is C=C/C=C(\C=C/CCNC1CCN(Cc2ccccc2)CC1)C(C)(C)C. The van der Waals surface area contributed by atoms with Gasteiger partial charge in [0.15, 0.2) is 0 Å². The van der Waals surface area contributed by atoms with Gasteiger partial charge in [0.25, 0.3) is 0 Å². The first-order valence-corrected chi connectivity index (χ1v) is 9.98. The first-order chi connectivity index (χ1) is 12.5. The van der Waals surface area contributed by atoms with Crippen LogP contribution in [-0.2, 0) is 6.54 Å². The average Bonchev–Trinajstić information content (AvgIpc) is 2.62. The fourth-order valence-corrected chi connectivity index (χ4v) is 3.40. The second-order valence-electron chi connectivity index (χ2n) is 8.29. The summed E-state index contributed by atoms with van der Waals surface area (Å²) in [7, 11) is 0. The van der Waals surface area contributed by atoms with Crippen LogP contribution in [0.1, 0.15) is 45.6 Å². The van der Waals surface area contributed by atoms with Crippen LogP contribution in [0.5, 0.6) is 0 Å². The van der Waals surface area contributed by atoms with Gasteiger partial charge in [-0.1, -0.05) is 82.0 Å². The molecule has 0 unspecified atom stereocenters. The summed E-state index contributed by atoms with van der Waals surface area (Å²) in [5, 5.41) is 3.73. The molecule has 0 amide bonds. The second kappa shape index (κ2) is 10.5.